The standard InChI is InChI=1S/C18H24N4OS/c1-18(2,3)21-9-7-13(12-21)16-15(14-6-4-5-8-19-14)20-17(24)22(16)10-11-23/h4-9,12,15-16,23H,10-11H2,1-3H3,(H,20,24)/t15-,16+/m1/s1. The molecule has 2 aromatic heterocycles. The summed E-state index contributed by atoms with van der Waals surface area (Å²) < 4.78 is 2.20. The Morgan fingerprint density at radius 3 is 2.67 bits per heavy atom. The molecule has 1 aliphatic rings. The van der Waals surface area contributed by atoms with Crippen molar-refractivity contribution in [2.45, 2.75) is 38.4 Å². The monoisotopic (exact) mass is 344 g/mol. The summed E-state index contributed by atoms with van der Waals surface area (Å²) in [4.78, 5) is 6.56. The molecule has 0 aromatic carbocycles. The van der Waals surface area contributed by atoms with Gasteiger partial charge in [0.05, 0.1) is 24.4 Å². The summed E-state index contributed by atoms with van der Waals surface area (Å²) in [5.41, 5.74) is 2.14. The van der Waals surface area contributed by atoms with Gasteiger partial charge in [-0.1, -0.05) is 6.07 Å². The van der Waals surface area contributed by atoms with Gasteiger partial charge >= 0.3 is 0 Å². The van der Waals surface area contributed by atoms with Crippen molar-refractivity contribution < 1.29 is 5.11 Å². The Bertz CT molecular complexity index is 707. The predicted octanol–water partition coefficient (Wildman–Crippen LogP) is 2.60. The molecule has 5 nitrogen and oxygen atoms in total. The number of aliphatic hydroxyl groups is 1. The van der Waals surface area contributed by atoms with Crippen LogP contribution in [-0.4, -0.2) is 37.8 Å². The van der Waals surface area contributed by atoms with Gasteiger partial charge < -0.3 is 19.9 Å². The summed E-state index contributed by atoms with van der Waals surface area (Å²) in [7, 11) is 0. The molecule has 1 saturated heterocycles. The van der Waals surface area contributed by atoms with Crippen molar-refractivity contribution in [1.82, 2.24) is 19.8 Å². The third kappa shape index (κ3) is 3.16. The van der Waals surface area contributed by atoms with Crippen molar-refractivity contribution in [3.63, 3.8) is 0 Å². The molecule has 3 rings (SSSR count). The summed E-state index contributed by atoms with van der Waals surface area (Å²) in [6.45, 7) is 7.09. The first-order chi connectivity index (χ1) is 11.4. The van der Waals surface area contributed by atoms with E-state index in [-0.39, 0.29) is 24.2 Å². The second kappa shape index (κ2) is 6.53. The van der Waals surface area contributed by atoms with Gasteiger partial charge in [-0.2, -0.15) is 0 Å². The fourth-order valence-corrected chi connectivity index (χ4v) is 3.45. The summed E-state index contributed by atoms with van der Waals surface area (Å²) in [6, 6.07) is 8.03. The number of nitrogens with one attached hydrogen (secondary N) is 1. The zero-order chi connectivity index (χ0) is 17.3. The van der Waals surface area contributed by atoms with Gasteiger partial charge in [0.15, 0.2) is 5.11 Å². The number of aromatic nitrogens is 2. The second-order valence-corrected chi connectivity index (χ2v) is 7.45. The van der Waals surface area contributed by atoms with E-state index in [1.165, 1.54) is 5.56 Å². The molecule has 0 saturated carbocycles. The Balaban J connectivity index is 2.01. The topological polar surface area (TPSA) is 53.3 Å². The lowest BCUT2D eigenvalue weighted by atomic mass is 9.99. The van der Waals surface area contributed by atoms with Gasteiger partial charge in [0.2, 0.25) is 0 Å². The molecule has 128 valence electrons. The van der Waals surface area contributed by atoms with E-state index in [2.05, 4.69) is 59.0 Å². The van der Waals surface area contributed by atoms with Gasteiger partial charge in [0, 0.05) is 30.7 Å². The number of rotatable bonds is 4. The largest absolute Gasteiger partial charge is 0.395 e. The van der Waals surface area contributed by atoms with E-state index in [1.807, 2.05) is 18.2 Å². The van der Waals surface area contributed by atoms with E-state index in [1.54, 1.807) is 6.20 Å². The number of hydrogen-bond acceptors (Lipinski definition) is 3. The average molecular weight is 344 g/mol. The van der Waals surface area contributed by atoms with E-state index in [9.17, 15) is 5.11 Å². The normalized spacial score (nSPS) is 21.2. The summed E-state index contributed by atoms with van der Waals surface area (Å²) in [6.07, 6.45) is 6.07. The highest BCUT2D eigenvalue weighted by atomic mass is 32.1. The van der Waals surface area contributed by atoms with Crippen molar-refractivity contribution >= 4 is 17.3 Å². The molecule has 0 amide bonds. The maximum absolute atomic E-state index is 9.45. The van der Waals surface area contributed by atoms with Crippen molar-refractivity contribution in [2.24, 2.45) is 0 Å². The Kier molecular flexibility index (Phi) is 4.60. The van der Waals surface area contributed by atoms with Gasteiger partial charge in [-0.15, -0.1) is 0 Å². The molecule has 0 radical (unpaired) electrons. The highest BCUT2D eigenvalue weighted by Gasteiger charge is 2.39. The second-order valence-electron chi connectivity index (χ2n) is 7.07. The van der Waals surface area contributed by atoms with Crippen LogP contribution in [0.1, 0.15) is 44.1 Å². The zero-order valence-electron chi connectivity index (χ0n) is 14.3. The molecular formula is C18H24N4OS. The van der Waals surface area contributed by atoms with Gasteiger partial charge in [0.25, 0.3) is 0 Å². The maximum Gasteiger partial charge on any atom is 0.170 e. The van der Waals surface area contributed by atoms with Crippen molar-refractivity contribution in [1.29, 1.82) is 0 Å². The molecular weight excluding hydrogens is 320 g/mol. The molecule has 3 heterocycles. The van der Waals surface area contributed by atoms with Crippen LogP contribution < -0.4 is 5.32 Å². The first-order valence-electron chi connectivity index (χ1n) is 8.19. The molecule has 0 spiro atoms. The highest BCUT2D eigenvalue weighted by molar-refractivity contribution is 7.80. The summed E-state index contributed by atoms with van der Waals surface area (Å²) in [5.74, 6) is 0. The van der Waals surface area contributed by atoms with E-state index < -0.39 is 0 Å². The van der Waals surface area contributed by atoms with Crippen LogP contribution >= 0.6 is 12.2 Å². The number of thiocarbonyl (C=S) groups is 1. The van der Waals surface area contributed by atoms with E-state index in [4.69, 9.17) is 12.2 Å². The number of β-amino-alcohol motifs (C(OH)–C–C–N with tert-alkyl or cyclic N) is 1. The van der Waals surface area contributed by atoms with Crippen LogP contribution in [-0.2, 0) is 5.54 Å². The minimum atomic E-state index is -0.0268. The zero-order valence-corrected chi connectivity index (χ0v) is 15.1. The van der Waals surface area contributed by atoms with Crippen LogP contribution in [0.2, 0.25) is 0 Å². The summed E-state index contributed by atoms with van der Waals surface area (Å²) in [5, 5.41) is 13.5. The first-order valence-corrected chi connectivity index (χ1v) is 8.60. The van der Waals surface area contributed by atoms with Gasteiger partial charge in [-0.3, -0.25) is 4.98 Å². The number of nitrogens with zero attached hydrogens (tertiary/aromatic N) is 3. The molecule has 0 aliphatic carbocycles. The van der Waals surface area contributed by atoms with Crippen LogP contribution in [0.15, 0.2) is 42.9 Å². The Morgan fingerprint density at radius 1 is 1.29 bits per heavy atom. The lowest BCUT2D eigenvalue weighted by Gasteiger charge is -2.27. The Labute approximate surface area is 148 Å². The number of aliphatic hydroxyl groups excluding tert-OH is 1. The molecule has 6 heteroatoms. The number of pyridine rings is 1. The van der Waals surface area contributed by atoms with E-state index in [0.717, 1.165) is 5.69 Å². The first kappa shape index (κ1) is 16.9. The van der Waals surface area contributed by atoms with Gasteiger partial charge in [-0.25, -0.2) is 0 Å². The molecule has 2 aromatic rings. The highest BCUT2D eigenvalue weighted by Crippen LogP contribution is 2.38. The van der Waals surface area contributed by atoms with Crippen LogP contribution in [0, 0.1) is 0 Å². The SMILES string of the molecule is CC(C)(C)n1ccc([C@H]2[C@@H](c3ccccn3)NC(=S)N2CCO)c1. The van der Waals surface area contributed by atoms with Crippen molar-refractivity contribution in [2.75, 3.05) is 13.2 Å². The Morgan fingerprint density at radius 2 is 2.08 bits per heavy atom. The molecule has 0 bridgehead atoms. The summed E-state index contributed by atoms with van der Waals surface area (Å²) >= 11 is 5.51. The van der Waals surface area contributed by atoms with Crippen LogP contribution in [0.25, 0.3) is 0 Å². The maximum atomic E-state index is 9.45. The number of hydrogen-bond donors (Lipinski definition) is 2. The lowest BCUT2D eigenvalue weighted by molar-refractivity contribution is 0.223. The fourth-order valence-electron chi connectivity index (χ4n) is 3.12. The van der Waals surface area contributed by atoms with Gasteiger partial charge in [-0.05, 0) is 56.8 Å². The fraction of sp³-hybridized carbons (Fsp3) is 0.444. The molecule has 2 N–H and O–H groups in total. The third-order valence-electron chi connectivity index (χ3n) is 4.37. The van der Waals surface area contributed by atoms with Crippen LogP contribution in [0.4, 0.5) is 0 Å². The average Bonchev–Trinajstić information content (AvgIpc) is 3.14. The molecule has 1 fully saturated rings. The van der Waals surface area contributed by atoms with Crippen LogP contribution in [0.3, 0.4) is 0 Å². The molecule has 0 unspecified atom stereocenters. The quantitative estimate of drug-likeness (QED) is 0.835. The predicted molar refractivity (Wildman–Crippen MR) is 98.7 cm³/mol. The smallest absolute Gasteiger partial charge is 0.170 e. The molecule has 1 aliphatic heterocycles. The van der Waals surface area contributed by atoms with Gasteiger partial charge in [0.1, 0.15) is 0 Å². The van der Waals surface area contributed by atoms with Crippen LogP contribution in [0.5, 0.6) is 0 Å². The van der Waals surface area contributed by atoms with E-state index in [0.29, 0.717) is 11.7 Å². The molecule has 24 heavy (non-hydrogen) atoms. The van der Waals surface area contributed by atoms with Crippen molar-refractivity contribution in [3.8, 4) is 0 Å². The molecule has 2 atom stereocenters. The minimum absolute atomic E-state index is 0.0168. The Hall–Kier alpha value is -1.92. The van der Waals surface area contributed by atoms with E-state index >= 15 is 0 Å². The third-order valence-corrected chi connectivity index (χ3v) is 4.72. The lowest BCUT2D eigenvalue weighted by Crippen LogP contribution is -2.32. The minimum Gasteiger partial charge on any atom is -0.395 e. The van der Waals surface area contributed by atoms with Crippen molar-refractivity contribution in [3.05, 3.63) is 54.1 Å².